The zero-order valence-corrected chi connectivity index (χ0v) is 25.8. The largest absolute Gasteiger partial charge is 1.00 e. The predicted octanol–water partition coefficient (Wildman–Crippen LogP) is 6.38. The van der Waals surface area contributed by atoms with Gasteiger partial charge in [0, 0.05) is 17.3 Å². The van der Waals surface area contributed by atoms with Crippen LogP contribution in [0.3, 0.4) is 0 Å². The van der Waals surface area contributed by atoms with Crippen LogP contribution in [0.4, 0.5) is 0 Å². The first kappa shape index (κ1) is 28.8. The summed E-state index contributed by atoms with van der Waals surface area (Å²) in [6, 6.07) is 52.5. The predicted molar refractivity (Wildman–Crippen MR) is 186 cm³/mol. The van der Waals surface area contributed by atoms with E-state index >= 15 is 0 Å². The van der Waals surface area contributed by atoms with Crippen molar-refractivity contribution < 1.29 is 29.0 Å². The van der Waals surface area contributed by atoms with E-state index < -0.39 is 0 Å². The summed E-state index contributed by atoms with van der Waals surface area (Å²) in [4.78, 5) is 8.19. The number of aromatic amines is 1. The Balaban J connectivity index is 0.00000324. The summed E-state index contributed by atoms with van der Waals surface area (Å²) in [7, 11) is 0. The molecular weight excluding hydrogens is 569 g/mol. The molecule has 9 aromatic rings. The Kier molecular flexibility index (Phi) is 7.11. The van der Waals surface area contributed by atoms with Crippen LogP contribution in [0.2, 0.25) is 0 Å². The molecule has 2 aromatic heterocycles. The second kappa shape index (κ2) is 11.6. The van der Waals surface area contributed by atoms with Crippen LogP contribution in [0.25, 0.3) is 82.8 Å². The quantitative estimate of drug-likeness (QED) is 0.175. The van der Waals surface area contributed by atoms with Gasteiger partial charge in [-0.15, -0.1) is 0 Å². The molecule has 2 heterocycles. The number of nitrogens with one attached hydrogen (secondary N) is 1. The molecule has 0 saturated carbocycles. The molecule has 47 heavy (non-hydrogen) atoms. The van der Waals surface area contributed by atoms with E-state index in [1.807, 2.05) is 30.3 Å². The van der Waals surface area contributed by atoms with E-state index in [4.69, 9.17) is 4.98 Å². The fourth-order valence-corrected chi connectivity index (χ4v) is 6.83. The summed E-state index contributed by atoms with van der Waals surface area (Å²) < 4.78 is 2.23. The van der Waals surface area contributed by atoms with Gasteiger partial charge in [-0.1, -0.05) is 103 Å². The van der Waals surface area contributed by atoms with Crippen molar-refractivity contribution in [3.63, 3.8) is 0 Å². The monoisotopic (exact) mass is 596 g/mol. The normalized spacial score (nSPS) is 11.3. The molecule has 0 amide bonds. The van der Waals surface area contributed by atoms with Crippen LogP contribution in [-0.2, 0) is 0 Å². The van der Waals surface area contributed by atoms with Crippen molar-refractivity contribution in [3.8, 4) is 45.1 Å². The number of pyridine rings is 1. The number of hydrogen-bond donors (Lipinski definition) is 0. The average Bonchev–Trinajstić information content (AvgIpc) is 3.51. The molecule has 0 bridgehead atoms. The van der Waals surface area contributed by atoms with Crippen LogP contribution in [0, 0.1) is 0 Å². The van der Waals surface area contributed by atoms with Crippen LogP contribution in [-0.4, -0.2) is 9.55 Å². The zero-order chi connectivity index (χ0) is 30.6. The van der Waals surface area contributed by atoms with Crippen molar-refractivity contribution in [2.45, 2.75) is 0 Å². The molecule has 216 valence electrons. The molecule has 0 atom stereocenters. The molecule has 0 fully saturated rings. The third-order valence-corrected chi connectivity index (χ3v) is 8.99. The van der Waals surface area contributed by atoms with Gasteiger partial charge in [0.2, 0.25) is 5.52 Å². The Hall–Kier alpha value is -5.66. The second-order valence-corrected chi connectivity index (χ2v) is 11.6. The zero-order valence-electron chi connectivity index (χ0n) is 25.8. The summed E-state index contributed by atoms with van der Waals surface area (Å²) in [6.07, 6.45) is 1.80. The van der Waals surface area contributed by atoms with Crippen molar-refractivity contribution in [1.82, 2.24) is 9.55 Å². The van der Waals surface area contributed by atoms with Crippen molar-refractivity contribution >= 4 is 43.5 Å². The Morgan fingerprint density at radius 1 is 0.532 bits per heavy atom. The molecular formula is C42H27LiN3O+. The molecule has 0 saturated heterocycles. The number of aromatic nitrogens is 3. The number of fused-ring (bicyclic) bond motifs is 4. The number of rotatable bonds is 4. The molecule has 1 N–H and O–H groups in total. The number of benzene rings is 7. The summed E-state index contributed by atoms with van der Waals surface area (Å²) in [5, 5.41) is 18.2. The molecule has 4 nitrogen and oxygen atoms in total. The fraction of sp³-hybridized carbons (Fsp3) is 0. The van der Waals surface area contributed by atoms with Gasteiger partial charge in [0.15, 0.2) is 6.20 Å². The van der Waals surface area contributed by atoms with E-state index in [9.17, 15) is 5.11 Å². The summed E-state index contributed by atoms with van der Waals surface area (Å²) in [5.74, 6) is 0.920. The Bertz CT molecular complexity index is 2590. The molecule has 0 aliphatic rings. The second-order valence-electron chi connectivity index (χ2n) is 11.6. The van der Waals surface area contributed by atoms with E-state index in [1.54, 1.807) is 12.3 Å². The maximum absolute atomic E-state index is 12.6. The standard InChI is InChI=1S/C42H27N3O.Li/c46-40-23-22-34(35-15-8-24-43-41(35)40)33-14-7-10-30-25-36-29(26-37(30)33)9-6-13-32(36)27-18-20-28(21-19-27)42-44-38-16-4-5-17-39(38)45(42)31-11-2-1-3-12-31;/h1-26,46H;/q;+1. The molecule has 0 aliphatic heterocycles. The molecule has 5 heteroatoms. The van der Waals surface area contributed by atoms with Gasteiger partial charge in [-0.25, -0.2) is 9.97 Å². The minimum atomic E-state index is -0.00184. The third kappa shape index (κ3) is 4.78. The van der Waals surface area contributed by atoms with Gasteiger partial charge in [-0.05, 0) is 92.0 Å². The third-order valence-electron chi connectivity index (χ3n) is 8.99. The molecule has 0 radical (unpaired) electrons. The summed E-state index contributed by atoms with van der Waals surface area (Å²) in [6.45, 7) is 0. The van der Waals surface area contributed by atoms with E-state index in [2.05, 4.69) is 125 Å². The number of nitrogens with zero attached hydrogens (tertiary/aromatic N) is 2. The molecule has 0 aliphatic carbocycles. The first-order valence-electron chi connectivity index (χ1n) is 15.4. The van der Waals surface area contributed by atoms with Crippen LogP contribution < -0.4 is 29.0 Å². The summed E-state index contributed by atoms with van der Waals surface area (Å²) >= 11 is 0. The SMILES string of the molecule is [Li+].[O-]c1ccc(-c2cccc3cc4c(-c5ccc(-c6nc7ccccc7n6-c6ccccc6)cc5)cccc4cc23)c2ccc[nH+]c12. The smallest absolute Gasteiger partial charge is 0.868 e. The maximum Gasteiger partial charge on any atom is 1.00 e. The Morgan fingerprint density at radius 3 is 1.98 bits per heavy atom. The first-order valence-corrected chi connectivity index (χ1v) is 15.4. The van der Waals surface area contributed by atoms with Gasteiger partial charge in [0.1, 0.15) is 5.82 Å². The average molecular weight is 597 g/mol. The van der Waals surface area contributed by atoms with Crippen LogP contribution in [0.15, 0.2) is 158 Å². The van der Waals surface area contributed by atoms with Gasteiger partial charge >= 0.3 is 18.9 Å². The van der Waals surface area contributed by atoms with Gasteiger partial charge < -0.3 is 5.11 Å². The van der Waals surface area contributed by atoms with E-state index in [0.29, 0.717) is 5.52 Å². The number of para-hydroxylation sites is 3. The number of H-pyrrole nitrogens is 1. The Labute approximate surface area is 283 Å². The van der Waals surface area contributed by atoms with Gasteiger partial charge in [0.05, 0.1) is 16.4 Å². The van der Waals surface area contributed by atoms with Crippen LogP contribution in [0.1, 0.15) is 0 Å². The molecule has 9 rings (SSSR count). The molecule has 0 unspecified atom stereocenters. The van der Waals surface area contributed by atoms with E-state index in [-0.39, 0.29) is 24.6 Å². The van der Waals surface area contributed by atoms with Crippen molar-refractivity contribution in [2.75, 3.05) is 0 Å². The minimum Gasteiger partial charge on any atom is -0.868 e. The number of hydrogen-bond acceptors (Lipinski definition) is 2. The number of imidazole rings is 1. The Morgan fingerprint density at radius 2 is 1.19 bits per heavy atom. The van der Waals surface area contributed by atoms with Gasteiger partial charge in [-0.3, -0.25) is 4.57 Å². The molecule has 0 spiro atoms. The van der Waals surface area contributed by atoms with E-state index in [1.165, 1.54) is 16.3 Å². The van der Waals surface area contributed by atoms with Crippen molar-refractivity contribution in [1.29, 1.82) is 0 Å². The van der Waals surface area contributed by atoms with E-state index in [0.717, 1.165) is 61.0 Å². The van der Waals surface area contributed by atoms with Crippen LogP contribution >= 0.6 is 0 Å². The maximum atomic E-state index is 12.6. The topological polar surface area (TPSA) is 55.0 Å². The fourth-order valence-electron chi connectivity index (χ4n) is 6.83. The van der Waals surface area contributed by atoms with Crippen molar-refractivity contribution in [2.24, 2.45) is 0 Å². The van der Waals surface area contributed by atoms with Crippen molar-refractivity contribution in [3.05, 3.63) is 158 Å². The minimum absolute atomic E-state index is 0. The van der Waals surface area contributed by atoms with Gasteiger partial charge in [0.25, 0.3) is 0 Å². The summed E-state index contributed by atoms with van der Waals surface area (Å²) in [5.41, 5.74) is 9.33. The van der Waals surface area contributed by atoms with Crippen LogP contribution in [0.5, 0.6) is 5.75 Å². The first-order chi connectivity index (χ1) is 22.7. The van der Waals surface area contributed by atoms with Gasteiger partial charge in [-0.2, -0.15) is 0 Å². The molecule has 7 aromatic carbocycles.